The van der Waals surface area contributed by atoms with Crippen LogP contribution in [0, 0.1) is 23.3 Å². The molecule has 614 valence electrons. The fraction of sp³-hybridized carbons (Fsp3) is 0.349. The first-order valence-corrected chi connectivity index (χ1v) is 37.0. The summed E-state index contributed by atoms with van der Waals surface area (Å²) in [7, 11) is 0. The number of cyclic esters (lactones) is 4. The highest BCUT2D eigenvalue weighted by atomic mass is 19.3. The Labute approximate surface area is 659 Å². The maximum atomic E-state index is 13.4. The van der Waals surface area contributed by atoms with E-state index in [1.165, 1.54) is 107 Å². The summed E-state index contributed by atoms with van der Waals surface area (Å²) in [4.78, 5) is 57.5. The summed E-state index contributed by atoms with van der Waals surface area (Å²) in [5.74, 6) is -1.24. The van der Waals surface area contributed by atoms with Crippen LogP contribution in [0.25, 0.3) is 0 Å². The number of alkyl halides is 6. The van der Waals surface area contributed by atoms with Crippen molar-refractivity contribution in [2.24, 2.45) is 0 Å². The minimum absolute atomic E-state index is 0.0143. The number of benzene rings is 8. The van der Waals surface area contributed by atoms with Gasteiger partial charge in [-0.1, -0.05) is 109 Å². The van der Waals surface area contributed by atoms with Gasteiger partial charge in [-0.05, 0) is 169 Å². The van der Waals surface area contributed by atoms with Crippen LogP contribution in [0.1, 0.15) is 148 Å². The zero-order chi connectivity index (χ0) is 83.4. The second-order valence-electron chi connectivity index (χ2n) is 27.9. The number of aliphatic hydroxyl groups excluding tert-OH is 3. The van der Waals surface area contributed by atoms with Crippen molar-refractivity contribution in [1.82, 2.24) is 19.6 Å². The predicted octanol–water partition coefficient (Wildman–Crippen LogP) is 19.3. The molecule has 0 bridgehead atoms. The number of hydrogen-bond donors (Lipinski definition) is 4. The molecule has 8 aromatic rings. The van der Waals surface area contributed by atoms with Crippen LogP contribution < -0.4 is 14.2 Å². The van der Waals surface area contributed by atoms with Crippen molar-refractivity contribution in [2.75, 3.05) is 39.4 Å². The van der Waals surface area contributed by atoms with Crippen molar-refractivity contribution in [1.29, 1.82) is 0 Å². The second kappa shape index (κ2) is 39.6. The Hall–Kier alpha value is -11.3. The average molecular weight is 1610 g/mol. The Bertz CT molecular complexity index is 4490. The van der Waals surface area contributed by atoms with Crippen LogP contribution in [0.4, 0.5) is 63.1 Å². The zero-order valence-corrected chi connectivity index (χ0v) is 63.4. The molecule has 4 aliphatic heterocycles. The van der Waals surface area contributed by atoms with Crippen molar-refractivity contribution in [3.63, 3.8) is 0 Å². The predicted molar refractivity (Wildman–Crippen MR) is 404 cm³/mol. The first-order chi connectivity index (χ1) is 54.9. The maximum absolute atomic E-state index is 13.4. The number of nitrogens with zero attached hydrogens (tertiary/aromatic N) is 4. The molecule has 115 heavy (non-hydrogen) atoms. The third-order valence-corrected chi connectivity index (χ3v) is 20.8. The number of carbonyl (C=O) groups excluding carboxylic acids is 4. The van der Waals surface area contributed by atoms with Gasteiger partial charge < -0.3 is 73.2 Å². The van der Waals surface area contributed by atoms with Gasteiger partial charge in [-0.3, -0.25) is 0 Å². The third kappa shape index (κ3) is 22.4. The highest BCUT2D eigenvalue weighted by molar-refractivity contribution is 5.72. The Kier molecular flexibility index (Phi) is 30.2. The number of phenolic OH excluding ortho intramolecular Hbond substituents is 1. The highest BCUT2D eigenvalue weighted by Crippen LogP contribution is 2.45. The lowest BCUT2D eigenvalue weighted by Gasteiger charge is -2.44. The lowest BCUT2D eigenvalue weighted by atomic mass is 9.83. The van der Waals surface area contributed by atoms with E-state index >= 15 is 0 Å². The largest absolute Gasteiger partial charge is 0.508 e. The van der Waals surface area contributed by atoms with Crippen LogP contribution in [-0.2, 0) is 41.4 Å². The molecule has 4 N–H and O–H groups in total. The maximum Gasteiger partial charge on any atom is 0.411 e. The molecule has 4 aliphatic rings. The molecule has 19 nitrogen and oxygen atoms in total. The van der Waals surface area contributed by atoms with Gasteiger partial charge in [0.25, 0.3) is 0 Å². The van der Waals surface area contributed by atoms with E-state index in [4.69, 9.17) is 18.9 Å². The summed E-state index contributed by atoms with van der Waals surface area (Å²) >= 11 is 0. The molecule has 0 aliphatic carbocycles. The van der Waals surface area contributed by atoms with Crippen LogP contribution in [-0.4, -0.2) is 130 Å². The van der Waals surface area contributed by atoms with Crippen molar-refractivity contribution >= 4 is 24.4 Å². The van der Waals surface area contributed by atoms with E-state index in [9.17, 15) is 83.5 Å². The minimum atomic E-state index is -2.92. The second-order valence-corrected chi connectivity index (χ2v) is 27.9. The summed E-state index contributed by atoms with van der Waals surface area (Å²) in [6.45, 7) is 7.01. The van der Waals surface area contributed by atoms with Gasteiger partial charge in [-0.25, -0.2) is 36.7 Å². The fourth-order valence-electron chi connectivity index (χ4n) is 14.4. The van der Waals surface area contributed by atoms with E-state index in [0.717, 1.165) is 22.3 Å². The summed E-state index contributed by atoms with van der Waals surface area (Å²) in [6, 6.07) is 46.9. The average Bonchev–Trinajstić information content (AvgIpc) is 0.789. The molecular formula is C86H90F10N4O15. The van der Waals surface area contributed by atoms with Gasteiger partial charge in [-0.15, -0.1) is 13.2 Å². The number of rotatable bonds is 27. The van der Waals surface area contributed by atoms with Gasteiger partial charge in [0.2, 0.25) is 0 Å². The molecule has 12 rings (SSSR count). The van der Waals surface area contributed by atoms with Crippen molar-refractivity contribution in [3.8, 4) is 23.0 Å². The van der Waals surface area contributed by atoms with Gasteiger partial charge in [0, 0.05) is 84.2 Å². The number of carbonyl (C=O) groups is 4. The van der Waals surface area contributed by atoms with E-state index in [1.807, 2.05) is 13.8 Å². The first-order valence-electron chi connectivity index (χ1n) is 37.0. The molecule has 9 atom stereocenters. The Morgan fingerprint density at radius 1 is 0.391 bits per heavy atom. The van der Waals surface area contributed by atoms with E-state index < -0.39 is 97.0 Å². The quantitative estimate of drug-likeness (QED) is 0.0213. The topological polar surface area (TPSA) is 227 Å². The van der Waals surface area contributed by atoms with Crippen LogP contribution >= 0.6 is 0 Å². The van der Waals surface area contributed by atoms with Crippen LogP contribution in [0.2, 0.25) is 0 Å². The summed E-state index contributed by atoms with van der Waals surface area (Å²) in [5.41, 5.74) is 1.80. The van der Waals surface area contributed by atoms with Crippen LogP contribution in [0.3, 0.4) is 0 Å². The molecule has 4 saturated heterocycles. The summed E-state index contributed by atoms with van der Waals surface area (Å²) in [5, 5.41) is 38.2. The molecule has 0 aromatic heterocycles. The van der Waals surface area contributed by atoms with Gasteiger partial charge in [0.1, 0.15) is 68.7 Å². The lowest BCUT2D eigenvalue weighted by molar-refractivity contribution is -0.0893. The number of amides is 4. The molecule has 4 fully saturated rings. The zero-order valence-electron chi connectivity index (χ0n) is 63.4. The molecule has 0 radical (unpaired) electrons. The normalized spacial score (nSPS) is 20.7. The SMILES string of the molecule is C=CC[C@]1(c2ccc(F)cc2)CCN([C@@H](C)c2ccc(O)cc2)C(=O)O1.C=CC[C@]1(c2ccc(F)cc2)CCN([C@@H](C)c2ccc(OC(F)F)cc2)C(=O)O1.C[C@@H](c1ccc(OC(F)F)cc1)N1CC[C@](CC(O)CO)(c2ccc(F)cc2)OC1=O.C[C@@H](c1ccc(OC(F)F)cc1)N1CC[C@](CCO)(c2ccc(F)cc2)OC1=O. The van der Waals surface area contributed by atoms with Gasteiger partial charge >= 0.3 is 44.2 Å². The van der Waals surface area contributed by atoms with Gasteiger partial charge in [0.15, 0.2) is 0 Å². The van der Waals surface area contributed by atoms with Gasteiger partial charge in [-0.2, -0.15) is 26.3 Å². The molecule has 29 heteroatoms. The van der Waals surface area contributed by atoms with E-state index in [2.05, 4.69) is 27.4 Å². The lowest BCUT2D eigenvalue weighted by Crippen LogP contribution is -2.50. The standard InChI is InChI=1S/C22H24F3NO5.C22H22F3NO3.C21H22F3NO4.C21H22FNO3/c1-14(15-2-8-19(9-3-15)30-20(24)25)26-11-10-22(31-21(26)29,12-18(28)13-27)16-4-6-17(23)7-5-16;1-3-12-22(17-6-8-18(23)9-7-17)13-14-26(21(27)29-22)15(2)16-4-10-19(11-5-16)28-20(24)25;1-14(15-2-8-18(9-3-15)28-19(23)24)25-12-10-21(11-13-26,29-20(25)27)16-4-6-17(22)7-5-16;1-3-12-21(17-6-8-18(22)9-7-17)13-14-23(20(25)26-21)15(2)16-4-10-19(24)11-5-16/h2-9,14,18,20,27-28H,10-13H2,1H3;3-11,15,20H,1,12-14H2,2H3;2-9,14,19,26H,10-13H2,1H3;3-11,15,24H,1,12-14H2,2H3/t14-,18?,22-;15-,22+;14-,21-;15-,21+/m0000/s1. The number of ether oxygens (including phenoxy) is 7. The minimum Gasteiger partial charge on any atom is -0.508 e. The van der Waals surface area contributed by atoms with Crippen LogP contribution in [0.5, 0.6) is 23.0 Å². The summed E-state index contributed by atoms with van der Waals surface area (Å²) < 4.78 is 163. The fourth-order valence-corrected chi connectivity index (χ4v) is 14.4. The highest BCUT2D eigenvalue weighted by Gasteiger charge is 2.48. The molecule has 0 saturated carbocycles. The summed E-state index contributed by atoms with van der Waals surface area (Å²) in [6.07, 6.45) is 3.01. The first kappa shape index (κ1) is 87.7. The number of hydrogen-bond acceptors (Lipinski definition) is 15. The van der Waals surface area contributed by atoms with E-state index in [1.54, 1.807) is 133 Å². The van der Waals surface area contributed by atoms with Crippen molar-refractivity contribution in [3.05, 3.63) is 287 Å². The Balaban J connectivity index is 0.000000176. The van der Waals surface area contributed by atoms with Gasteiger partial charge in [0.05, 0.1) is 36.9 Å². The van der Waals surface area contributed by atoms with Crippen molar-refractivity contribution < 1.29 is 117 Å². The monoisotopic (exact) mass is 1610 g/mol. The number of aromatic hydroxyl groups is 1. The molecule has 8 aromatic carbocycles. The molecule has 1 unspecified atom stereocenters. The van der Waals surface area contributed by atoms with E-state index in [-0.39, 0.29) is 78.8 Å². The number of aliphatic hydroxyl groups is 3. The van der Waals surface area contributed by atoms with Crippen LogP contribution in [0.15, 0.2) is 219 Å². The van der Waals surface area contributed by atoms with Crippen molar-refractivity contribution in [2.45, 2.75) is 152 Å². The smallest absolute Gasteiger partial charge is 0.411 e. The molecule has 4 heterocycles. The molecule has 0 spiro atoms. The third-order valence-electron chi connectivity index (χ3n) is 20.8. The number of halogens is 10. The molecular weight excluding hydrogens is 1520 g/mol. The van der Waals surface area contributed by atoms with E-state index in [0.29, 0.717) is 80.4 Å². The molecule has 4 amide bonds. The number of phenols is 1. The Morgan fingerprint density at radius 2 is 0.635 bits per heavy atom. The Morgan fingerprint density at radius 3 is 0.896 bits per heavy atom.